The quantitative estimate of drug-likeness (QED) is 0.494. The van der Waals surface area contributed by atoms with Crippen LogP contribution in [-0.4, -0.2) is 33.7 Å². The van der Waals surface area contributed by atoms with Crippen LogP contribution in [0.4, 0.5) is 0 Å². The summed E-state index contributed by atoms with van der Waals surface area (Å²) >= 11 is 0. The molecule has 0 aromatic heterocycles. The van der Waals surface area contributed by atoms with Gasteiger partial charge in [0.15, 0.2) is 0 Å². The van der Waals surface area contributed by atoms with Crippen molar-refractivity contribution < 1.29 is 129 Å². The van der Waals surface area contributed by atoms with Gasteiger partial charge in [-0.05, 0) is 12.1 Å². The van der Waals surface area contributed by atoms with E-state index in [4.69, 9.17) is 10.2 Å². The summed E-state index contributed by atoms with van der Waals surface area (Å²) in [5.41, 5.74) is -2.97. The Hall–Kier alpha value is 0.390. The third kappa shape index (κ3) is 15.6. The number of carboxylic acid groups (broad SMARTS) is 3. The van der Waals surface area contributed by atoms with E-state index in [0.29, 0.717) is 5.75 Å². The molecule has 0 aliphatic heterocycles. The van der Waals surface area contributed by atoms with Crippen LogP contribution in [0.2, 0.25) is 0 Å². The monoisotopic (exact) mass is 352 g/mol. The van der Waals surface area contributed by atoms with Gasteiger partial charge >= 0.3 is 88.7 Å². The van der Waals surface area contributed by atoms with Gasteiger partial charge < -0.3 is 39.9 Å². The van der Waals surface area contributed by atoms with Gasteiger partial charge in [-0.2, -0.15) is 0 Å². The summed E-state index contributed by atoms with van der Waals surface area (Å²) in [6, 6.07) is 8.71. The topological polar surface area (TPSA) is 161 Å². The van der Waals surface area contributed by atoms with E-state index in [1.165, 1.54) is 0 Å². The van der Waals surface area contributed by atoms with Crippen molar-refractivity contribution in [3.63, 3.8) is 0 Å². The molecule has 0 heterocycles. The van der Waals surface area contributed by atoms with E-state index in [9.17, 15) is 29.7 Å². The first kappa shape index (κ1) is 31.2. The minimum Gasteiger partial charge on any atom is -0.550 e. The molecule has 0 spiro atoms. The Morgan fingerprint density at radius 3 is 1.39 bits per heavy atom. The molecule has 1 aromatic carbocycles. The van der Waals surface area contributed by atoms with Crippen LogP contribution in [0.25, 0.3) is 0 Å². The standard InChI is InChI=1S/C6H8O7.C6H6O.3Na/c7-3(8)1-6(13,5(11)12)2-4(9)10;7-6-4-2-1-3-5-6;;;/h13H,1-2H2,(H,7,8)(H,9,10)(H,11,12);1-5,7H;;;/q;;3*+1/p-3. The number of aliphatic carboxylic acids is 3. The van der Waals surface area contributed by atoms with Gasteiger partial charge in [0, 0.05) is 24.8 Å². The molecule has 0 aliphatic rings. The van der Waals surface area contributed by atoms with Crippen LogP contribution in [0.3, 0.4) is 0 Å². The van der Waals surface area contributed by atoms with Crippen LogP contribution in [-0.2, 0) is 14.4 Å². The van der Waals surface area contributed by atoms with Gasteiger partial charge in [-0.3, -0.25) is 0 Å². The molecule has 0 bridgehead atoms. The number of aliphatic hydroxyl groups is 1. The molecule has 0 amide bonds. The van der Waals surface area contributed by atoms with Crippen molar-refractivity contribution in [2.45, 2.75) is 18.4 Å². The van der Waals surface area contributed by atoms with Crippen molar-refractivity contribution in [2.75, 3.05) is 0 Å². The van der Waals surface area contributed by atoms with E-state index in [1.54, 1.807) is 24.3 Å². The SMILES string of the molecule is O=C([O-])CC(O)(CC(=O)[O-])C(=O)[O-].Oc1ccccc1.[Na+].[Na+].[Na+]. The molecule has 0 radical (unpaired) electrons. The molecule has 0 aliphatic carbocycles. The minimum atomic E-state index is -2.97. The van der Waals surface area contributed by atoms with Crippen LogP contribution in [0, 0.1) is 0 Å². The van der Waals surface area contributed by atoms with Gasteiger partial charge in [0.05, 0.1) is 5.97 Å². The van der Waals surface area contributed by atoms with Gasteiger partial charge in [0.25, 0.3) is 0 Å². The fraction of sp³-hybridized carbons (Fsp3) is 0.250. The number of carboxylic acids is 3. The summed E-state index contributed by atoms with van der Waals surface area (Å²) in [6.07, 6.45) is -2.72. The number of hydrogen-bond donors (Lipinski definition) is 2. The van der Waals surface area contributed by atoms with Crippen molar-refractivity contribution >= 4 is 17.9 Å². The average Bonchev–Trinajstić information content (AvgIpc) is 2.28. The number of hydrogen-bond acceptors (Lipinski definition) is 8. The molecule has 11 heteroatoms. The Bertz CT molecular complexity index is 464. The van der Waals surface area contributed by atoms with Gasteiger partial charge in [0.1, 0.15) is 11.4 Å². The number of phenolic OH excluding ortho intramolecular Hbond substituents is 1. The van der Waals surface area contributed by atoms with Crippen LogP contribution >= 0.6 is 0 Å². The van der Waals surface area contributed by atoms with Crippen molar-refractivity contribution in [1.29, 1.82) is 0 Å². The molecule has 1 aromatic rings. The van der Waals surface area contributed by atoms with Crippen LogP contribution in [0.1, 0.15) is 12.8 Å². The van der Waals surface area contributed by atoms with Gasteiger partial charge in [-0.15, -0.1) is 0 Å². The second kappa shape index (κ2) is 15.9. The summed E-state index contributed by atoms with van der Waals surface area (Å²) in [5.74, 6) is -5.66. The molecule has 23 heavy (non-hydrogen) atoms. The third-order valence-electron chi connectivity index (χ3n) is 2.01. The van der Waals surface area contributed by atoms with Gasteiger partial charge in [-0.1, -0.05) is 18.2 Å². The molecule has 0 fully saturated rings. The second-order valence-corrected chi connectivity index (χ2v) is 3.75. The summed E-state index contributed by atoms with van der Waals surface area (Å²) in [6.45, 7) is 0. The maximum Gasteiger partial charge on any atom is 1.00 e. The number of rotatable bonds is 5. The van der Waals surface area contributed by atoms with E-state index in [1.807, 2.05) is 6.07 Å². The number of benzene rings is 1. The maximum atomic E-state index is 10.1. The van der Waals surface area contributed by atoms with Crippen molar-refractivity contribution in [2.24, 2.45) is 0 Å². The Kier molecular flexibility index (Phi) is 21.5. The zero-order valence-corrected chi connectivity index (χ0v) is 19.1. The summed E-state index contributed by atoms with van der Waals surface area (Å²) in [7, 11) is 0. The number of phenols is 1. The van der Waals surface area contributed by atoms with E-state index < -0.39 is 36.4 Å². The molecule has 0 saturated carbocycles. The molecule has 8 nitrogen and oxygen atoms in total. The fourth-order valence-electron chi connectivity index (χ4n) is 1.11. The van der Waals surface area contributed by atoms with E-state index >= 15 is 0 Å². The summed E-state index contributed by atoms with van der Waals surface area (Å²) in [5, 5.41) is 47.6. The number of aromatic hydroxyl groups is 1. The van der Waals surface area contributed by atoms with E-state index in [-0.39, 0.29) is 88.7 Å². The first-order chi connectivity index (χ1) is 9.17. The second-order valence-electron chi connectivity index (χ2n) is 3.75. The predicted molar refractivity (Wildman–Crippen MR) is 57.3 cm³/mol. The minimum absolute atomic E-state index is 0. The largest absolute Gasteiger partial charge is 1.00 e. The first-order valence-corrected chi connectivity index (χ1v) is 5.25. The van der Waals surface area contributed by atoms with Crippen molar-refractivity contribution in [3.05, 3.63) is 30.3 Å². The Balaban J connectivity index is -0.000000156. The average molecular weight is 352 g/mol. The molecule has 0 saturated heterocycles. The Labute approximate surface area is 198 Å². The van der Waals surface area contributed by atoms with E-state index in [0.717, 1.165) is 0 Å². The molecule has 2 N–H and O–H groups in total. The van der Waals surface area contributed by atoms with Crippen LogP contribution < -0.4 is 104 Å². The fourth-order valence-corrected chi connectivity index (χ4v) is 1.11. The van der Waals surface area contributed by atoms with Crippen LogP contribution in [0.5, 0.6) is 5.75 Å². The zero-order chi connectivity index (χ0) is 15.8. The third-order valence-corrected chi connectivity index (χ3v) is 2.01. The maximum absolute atomic E-state index is 10.1. The normalized spacial score (nSPS) is 8.74. The number of carbonyl (C=O) groups is 3. The number of para-hydroxylation sites is 1. The molecule has 0 atom stereocenters. The molecular formula is C12H11Na3O8. The zero-order valence-electron chi connectivity index (χ0n) is 13.1. The predicted octanol–water partition coefficient (Wildman–Crippen LogP) is -12.8. The van der Waals surface area contributed by atoms with Crippen molar-refractivity contribution in [1.82, 2.24) is 0 Å². The van der Waals surface area contributed by atoms with Crippen molar-refractivity contribution in [3.8, 4) is 5.75 Å². The smallest absolute Gasteiger partial charge is 0.550 e. The summed E-state index contributed by atoms with van der Waals surface area (Å²) < 4.78 is 0. The summed E-state index contributed by atoms with van der Waals surface area (Å²) in [4.78, 5) is 30.0. The Morgan fingerprint density at radius 1 is 0.870 bits per heavy atom. The van der Waals surface area contributed by atoms with Crippen LogP contribution in [0.15, 0.2) is 30.3 Å². The van der Waals surface area contributed by atoms with Gasteiger partial charge in [0.2, 0.25) is 0 Å². The Morgan fingerprint density at radius 2 is 1.22 bits per heavy atom. The molecule has 110 valence electrons. The molecule has 1 rings (SSSR count). The first-order valence-electron chi connectivity index (χ1n) is 5.25. The molecular weight excluding hydrogens is 341 g/mol. The van der Waals surface area contributed by atoms with Gasteiger partial charge in [-0.25, -0.2) is 0 Å². The number of carbonyl (C=O) groups excluding carboxylic acids is 3. The molecule has 0 unspecified atom stereocenters. The van der Waals surface area contributed by atoms with E-state index in [2.05, 4.69) is 0 Å².